The van der Waals surface area contributed by atoms with Crippen molar-refractivity contribution >= 4 is 38.8 Å². The molecule has 3 nitrogen and oxygen atoms in total. The summed E-state index contributed by atoms with van der Waals surface area (Å²) >= 11 is 2.66. The number of carbonyl (C=O) groups is 1. The minimum atomic E-state index is -0.335. The van der Waals surface area contributed by atoms with E-state index in [0.29, 0.717) is 0 Å². The fourth-order valence-electron chi connectivity index (χ4n) is 0.632. The molecule has 0 bridgehead atoms. The molecule has 0 rings (SSSR count). The first kappa shape index (κ1) is 12.3. The predicted octanol–water partition coefficient (Wildman–Crippen LogP) is 1.25. The summed E-state index contributed by atoms with van der Waals surface area (Å²) in [5.74, 6) is 0. The summed E-state index contributed by atoms with van der Waals surface area (Å²) in [4.78, 5) is 10.7. The molecule has 12 heavy (non-hydrogen) atoms. The summed E-state index contributed by atoms with van der Waals surface area (Å²) in [6, 6.07) is 1.13. The standard InChI is InChI=1S/C6H15NO2S2Si/c1-10-6(8)7-4-3-5-12-9-11-2/h3-5,12H2,1-2H3,(H,7,8). The molecule has 0 radical (unpaired) electrons. The van der Waals surface area contributed by atoms with Crippen LogP contribution in [-0.2, 0) is 3.87 Å². The lowest BCUT2D eigenvalue weighted by atomic mass is 10.5. The lowest BCUT2D eigenvalue weighted by Gasteiger charge is -2.01. The van der Waals surface area contributed by atoms with Crippen molar-refractivity contribution in [3.63, 3.8) is 0 Å². The third-order valence-corrected chi connectivity index (χ3v) is 4.14. The molecule has 0 aromatic rings. The van der Waals surface area contributed by atoms with Crippen molar-refractivity contribution in [2.24, 2.45) is 0 Å². The minimum Gasteiger partial charge on any atom is -0.365 e. The van der Waals surface area contributed by atoms with Crippen LogP contribution in [0.15, 0.2) is 0 Å². The second-order valence-corrected chi connectivity index (χ2v) is 5.28. The highest BCUT2D eigenvalue weighted by Crippen LogP contribution is 1.97. The van der Waals surface area contributed by atoms with E-state index < -0.39 is 0 Å². The molecule has 6 heteroatoms. The Balaban J connectivity index is 2.95. The van der Waals surface area contributed by atoms with Crippen LogP contribution in [0.3, 0.4) is 0 Å². The summed E-state index contributed by atoms with van der Waals surface area (Å²) < 4.78 is 5.20. The Morgan fingerprint density at radius 1 is 1.58 bits per heavy atom. The van der Waals surface area contributed by atoms with Crippen molar-refractivity contribution in [2.75, 3.05) is 19.1 Å². The third-order valence-electron chi connectivity index (χ3n) is 1.23. The molecule has 0 saturated heterocycles. The average Bonchev–Trinajstić information content (AvgIpc) is 2.10. The topological polar surface area (TPSA) is 38.3 Å². The van der Waals surface area contributed by atoms with Gasteiger partial charge in [-0.25, -0.2) is 0 Å². The Bertz CT molecular complexity index is 126. The number of rotatable bonds is 6. The lowest BCUT2D eigenvalue weighted by molar-refractivity contribution is 0.261. The van der Waals surface area contributed by atoms with E-state index in [0.717, 1.165) is 19.0 Å². The largest absolute Gasteiger partial charge is 0.365 e. The number of amides is 1. The van der Waals surface area contributed by atoms with E-state index >= 15 is 0 Å². The van der Waals surface area contributed by atoms with Gasteiger partial charge in [0.15, 0.2) is 9.76 Å². The molecule has 0 saturated carbocycles. The Morgan fingerprint density at radius 3 is 2.92 bits per heavy atom. The third kappa shape index (κ3) is 8.44. The molecule has 72 valence electrons. The van der Waals surface area contributed by atoms with Crippen molar-refractivity contribution in [3.05, 3.63) is 0 Å². The molecule has 0 unspecified atom stereocenters. The predicted molar refractivity (Wildman–Crippen MR) is 59.5 cm³/mol. The van der Waals surface area contributed by atoms with Gasteiger partial charge in [-0.2, -0.15) is 0 Å². The zero-order valence-corrected chi connectivity index (χ0v) is 10.5. The van der Waals surface area contributed by atoms with Gasteiger partial charge in [0.1, 0.15) is 0 Å². The van der Waals surface area contributed by atoms with Crippen molar-refractivity contribution < 1.29 is 8.67 Å². The summed E-state index contributed by atoms with van der Waals surface area (Å²) in [6.45, 7) is 0.782. The minimum absolute atomic E-state index is 0.0578. The Morgan fingerprint density at radius 2 is 2.33 bits per heavy atom. The molecule has 1 amide bonds. The van der Waals surface area contributed by atoms with Crippen LogP contribution in [0, 0.1) is 0 Å². The van der Waals surface area contributed by atoms with Gasteiger partial charge in [0, 0.05) is 12.8 Å². The second-order valence-electron chi connectivity index (χ2n) is 2.11. The van der Waals surface area contributed by atoms with Crippen molar-refractivity contribution in [3.8, 4) is 0 Å². The highest BCUT2D eigenvalue weighted by atomic mass is 32.2. The molecular formula is C6H15NO2S2Si. The molecule has 0 aromatic heterocycles. The van der Waals surface area contributed by atoms with E-state index in [-0.39, 0.29) is 15.0 Å². The van der Waals surface area contributed by atoms with Crippen LogP contribution < -0.4 is 5.32 Å². The van der Waals surface area contributed by atoms with Gasteiger partial charge in [0.05, 0.1) is 0 Å². The number of hydrogen-bond acceptors (Lipinski definition) is 4. The maximum atomic E-state index is 10.7. The van der Waals surface area contributed by atoms with E-state index in [4.69, 9.17) is 3.87 Å². The van der Waals surface area contributed by atoms with Gasteiger partial charge in [0.25, 0.3) is 5.24 Å². The Labute approximate surface area is 84.5 Å². The molecule has 0 aromatic carbocycles. The molecule has 0 aliphatic rings. The van der Waals surface area contributed by atoms with Crippen molar-refractivity contribution in [1.82, 2.24) is 5.32 Å². The Hall–Kier alpha value is 0.347. The molecule has 0 aliphatic heterocycles. The zero-order chi connectivity index (χ0) is 9.23. The smallest absolute Gasteiger partial charge is 0.278 e. The molecule has 0 atom stereocenters. The van der Waals surface area contributed by atoms with Crippen LogP contribution >= 0.6 is 23.8 Å². The van der Waals surface area contributed by atoms with Crippen LogP contribution in [0.1, 0.15) is 6.42 Å². The SMILES string of the molecule is CSO[SiH2]CCCNC(=O)SC. The highest BCUT2D eigenvalue weighted by Gasteiger charge is 1.95. The summed E-state index contributed by atoms with van der Waals surface area (Å²) in [5.41, 5.74) is 0. The van der Waals surface area contributed by atoms with Gasteiger partial charge < -0.3 is 9.19 Å². The fraction of sp³-hybridized carbons (Fsp3) is 0.833. The molecular weight excluding hydrogens is 210 g/mol. The van der Waals surface area contributed by atoms with Crippen LogP contribution in [-0.4, -0.2) is 34.1 Å². The highest BCUT2D eigenvalue weighted by molar-refractivity contribution is 8.12. The van der Waals surface area contributed by atoms with Crippen LogP contribution in [0.4, 0.5) is 4.79 Å². The number of nitrogens with one attached hydrogen (secondary N) is 1. The van der Waals surface area contributed by atoms with E-state index in [1.807, 2.05) is 6.26 Å². The van der Waals surface area contributed by atoms with Crippen LogP contribution in [0.5, 0.6) is 0 Å². The van der Waals surface area contributed by atoms with Gasteiger partial charge in [-0.3, -0.25) is 4.79 Å². The summed E-state index contributed by atoms with van der Waals surface area (Å²) in [6.07, 6.45) is 4.75. The fourth-order valence-corrected chi connectivity index (χ4v) is 2.47. The van der Waals surface area contributed by atoms with Crippen molar-refractivity contribution in [2.45, 2.75) is 12.5 Å². The first-order valence-electron chi connectivity index (χ1n) is 3.78. The van der Waals surface area contributed by atoms with Gasteiger partial charge in [-0.15, -0.1) is 0 Å². The monoisotopic (exact) mass is 225 g/mol. The summed E-state index contributed by atoms with van der Waals surface area (Å²) in [5, 5.41) is 2.85. The van der Waals surface area contributed by atoms with Crippen molar-refractivity contribution in [1.29, 1.82) is 0 Å². The first-order valence-corrected chi connectivity index (χ1v) is 7.74. The Kier molecular flexibility index (Phi) is 9.71. The van der Waals surface area contributed by atoms with E-state index in [1.165, 1.54) is 23.8 Å². The van der Waals surface area contributed by atoms with E-state index in [2.05, 4.69) is 5.32 Å². The number of carbonyl (C=O) groups excluding carboxylic acids is 1. The van der Waals surface area contributed by atoms with Gasteiger partial charge in [0.2, 0.25) is 0 Å². The number of thioether (sulfide) groups is 1. The van der Waals surface area contributed by atoms with E-state index in [9.17, 15) is 4.79 Å². The molecule has 1 N–H and O–H groups in total. The van der Waals surface area contributed by atoms with Gasteiger partial charge >= 0.3 is 0 Å². The van der Waals surface area contributed by atoms with Gasteiger partial charge in [-0.1, -0.05) is 11.8 Å². The quantitative estimate of drug-likeness (QED) is 0.419. The molecule has 0 heterocycles. The van der Waals surface area contributed by atoms with Crippen LogP contribution in [0.25, 0.3) is 0 Å². The zero-order valence-electron chi connectivity index (χ0n) is 7.46. The number of hydrogen-bond donors (Lipinski definition) is 1. The molecule has 0 fully saturated rings. The maximum Gasteiger partial charge on any atom is 0.278 e. The van der Waals surface area contributed by atoms with E-state index in [1.54, 1.807) is 6.26 Å². The normalized spacial score (nSPS) is 10.8. The lowest BCUT2D eigenvalue weighted by Crippen LogP contribution is -2.19. The first-order chi connectivity index (χ1) is 5.81. The maximum absolute atomic E-state index is 10.7. The van der Waals surface area contributed by atoms with Gasteiger partial charge in [-0.05, 0) is 30.8 Å². The molecule has 0 spiro atoms. The van der Waals surface area contributed by atoms with Crippen LogP contribution in [0.2, 0.25) is 6.04 Å². The summed E-state index contributed by atoms with van der Waals surface area (Å²) in [7, 11) is -0.335. The molecule has 0 aliphatic carbocycles. The average molecular weight is 225 g/mol. The second kappa shape index (κ2) is 9.44.